The highest BCUT2D eigenvalue weighted by molar-refractivity contribution is 9.10. The summed E-state index contributed by atoms with van der Waals surface area (Å²) in [5.74, 6) is 0.401. The number of carbonyl (C=O) groups is 1. The van der Waals surface area contributed by atoms with E-state index in [2.05, 4.69) is 31.2 Å². The number of hydrogen-bond donors (Lipinski definition) is 2. The fourth-order valence-corrected chi connectivity index (χ4v) is 2.94. The number of para-hydroxylation sites is 1. The van der Waals surface area contributed by atoms with Crippen LogP contribution in [0.3, 0.4) is 0 Å². The van der Waals surface area contributed by atoms with E-state index >= 15 is 0 Å². The highest BCUT2D eigenvalue weighted by atomic mass is 79.9. The number of nitrogens with zero attached hydrogens (tertiary/aromatic N) is 1. The fourth-order valence-electron chi connectivity index (χ4n) is 2.47. The first-order chi connectivity index (χ1) is 11.5. The first-order valence-electron chi connectivity index (χ1n) is 7.57. The second-order valence-electron chi connectivity index (χ2n) is 5.54. The molecule has 24 heavy (non-hydrogen) atoms. The van der Waals surface area contributed by atoms with Crippen LogP contribution < -0.4 is 10.9 Å². The predicted molar refractivity (Wildman–Crippen MR) is 98.2 cm³/mol. The number of halogens is 1. The Hall–Kier alpha value is -2.47. The third-order valence-corrected chi connectivity index (χ3v) is 4.21. The molecule has 1 aromatic heterocycles. The summed E-state index contributed by atoms with van der Waals surface area (Å²) in [7, 11) is 0. The van der Waals surface area contributed by atoms with Crippen LogP contribution in [0.5, 0.6) is 0 Å². The zero-order chi connectivity index (χ0) is 17.1. The number of aryl methyl sites for hydroxylation is 2. The van der Waals surface area contributed by atoms with Gasteiger partial charge in [-0.2, -0.15) is 0 Å². The molecule has 0 aliphatic carbocycles. The first kappa shape index (κ1) is 16.4. The molecule has 3 aromatic rings. The molecule has 0 bridgehead atoms. The van der Waals surface area contributed by atoms with Crippen LogP contribution in [0.25, 0.3) is 10.9 Å². The van der Waals surface area contributed by atoms with Crippen molar-refractivity contribution in [3.8, 4) is 0 Å². The molecule has 0 atom stereocenters. The summed E-state index contributed by atoms with van der Waals surface area (Å²) in [5, 5.41) is 3.43. The Labute approximate surface area is 147 Å². The smallest absolute Gasteiger partial charge is 0.258 e. The number of aromatic nitrogens is 2. The maximum absolute atomic E-state index is 12.1. The number of H-pyrrole nitrogens is 1. The molecule has 0 spiro atoms. The summed E-state index contributed by atoms with van der Waals surface area (Å²) in [4.78, 5) is 31.3. The van der Waals surface area contributed by atoms with Crippen LogP contribution in [-0.4, -0.2) is 15.9 Å². The SMILES string of the molecule is Cc1cc(Br)ccc1NC(=O)CCc1nc2ccccc2c(=O)[nH]1. The minimum atomic E-state index is -0.181. The van der Waals surface area contributed by atoms with Gasteiger partial charge in [0.15, 0.2) is 0 Å². The Morgan fingerprint density at radius 1 is 1.25 bits per heavy atom. The van der Waals surface area contributed by atoms with E-state index in [9.17, 15) is 9.59 Å². The molecule has 1 amide bonds. The molecule has 0 radical (unpaired) electrons. The number of rotatable bonds is 4. The molecule has 0 fully saturated rings. The van der Waals surface area contributed by atoms with Crippen molar-refractivity contribution >= 4 is 38.4 Å². The quantitative estimate of drug-likeness (QED) is 0.720. The molecule has 2 aromatic carbocycles. The lowest BCUT2D eigenvalue weighted by Gasteiger charge is -2.09. The lowest BCUT2D eigenvalue weighted by molar-refractivity contribution is -0.116. The molecule has 0 aliphatic rings. The Bertz CT molecular complexity index is 966. The summed E-state index contributed by atoms with van der Waals surface area (Å²) in [6, 6.07) is 12.8. The van der Waals surface area contributed by atoms with Crippen LogP contribution in [0.4, 0.5) is 5.69 Å². The Balaban J connectivity index is 1.69. The van der Waals surface area contributed by atoms with E-state index in [1.807, 2.05) is 31.2 Å². The summed E-state index contributed by atoms with van der Waals surface area (Å²) in [6.45, 7) is 1.93. The molecular formula is C18H16BrN3O2. The molecule has 122 valence electrons. The number of hydrogen-bond acceptors (Lipinski definition) is 3. The van der Waals surface area contributed by atoms with Crippen molar-refractivity contribution in [2.75, 3.05) is 5.32 Å². The van der Waals surface area contributed by atoms with Crippen molar-refractivity contribution < 1.29 is 4.79 Å². The Morgan fingerprint density at radius 3 is 2.83 bits per heavy atom. The van der Waals surface area contributed by atoms with Crippen molar-refractivity contribution in [2.45, 2.75) is 19.8 Å². The minimum Gasteiger partial charge on any atom is -0.326 e. The number of carbonyl (C=O) groups excluding carboxylic acids is 1. The number of benzene rings is 2. The van der Waals surface area contributed by atoms with Gasteiger partial charge in [-0.15, -0.1) is 0 Å². The van der Waals surface area contributed by atoms with Crippen molar-refractivity contribution in [1.82, 2.24) is 9.97 Å². The van der Waals surface area contributed by atoms with E-state index in [0.717, 1.165) is 15.7 Å². The average molecular weight is 386 g/mol. The summed E-state index contributed by atoms with van der Waals surface area (Å²) < 4.78 is 0.968. The Morgan fingerprint density at radius 2 is 2.04 bits per heavy atom. The number of nitrogens with one attached hydrogen (secondary N) is 2. The van der Waals surface area contributed by atoms with E-state index in [1.165, 1.54) is 0 Å². The summed E-state index contributed by atoms with van der Waals surface area (Å²) in [6.07, 6.45) is 0.623. The van der Waals surface area contributed by atoms with Gasteiger partial charge < -0.3 is 10.3 Å². The molecular weight excluding hydrogens is 370 g/mol. The maximum atomic E-state index is 12.1. The molecule has 1 heterocycles. The average Bonchev–Trinajstić information content (AvgIpc) is 2.56. The van der Waals surface area contributed by atoms with Gasteiger partial charge in [-0.3, -0.25) is 9.59 Å². The molecule has 2 N–H and O–H groups in total. The second kappa shape index (κ2) is 6.97. The van der Waals surface area contributed by atoms with Crippen molar-refractivity contribution in [1.29, 1.82) is 0 Å². The normalized spacial score (nSPS) is 10.8. The molecule has 0 aliphatic heterocycles. The van der Waals surface area contributed by atoms with E-state index in [-0.39, 0.29) is 17.9 Å². The van der Waals surface area contributed by atoms with Gasteiger partial charge in [-0.1, -0.05) is 28.1 Å². The molecule has 5 nitrogen and oxygen atoms in total. The van der Waals surface area contributed by atoms with E-state index in [4.69, 9.17) is 0 Å². The van der Waals surface area contributed by atoms with Gasteiger partial charge in [-0.25, -0.2) is 4.98 Å². The van der Waals surface area contributed by atoms with Gasteiger partial charge in [0, 0.05) is 23.0 Å². The monoisotopic (exact) mass is 385 g/mol. The van der Waals surface area contributed by atoms with Gasteiger partial charge in [0.05, 0.1) is 10.9 Å². The highest BCUT2D eigenvalue weighted by Crippen LogP contribution is 2.20. The zero-order valence-electron chi connectivity index (χ0n) is 13.1. The van der Waals surface area contributed by atoms with Crippen LogP contribution in [0.1, 0.15) is 17.8 Å². The number of aromatic amines is 1. The van der Waals surface area contributed by atoms with Gasteiger partial charge in [-0.05, 0) is 42.8 Å². The van der Waals surface area contributed by atoms with E-state index < -0.39 is 0 Å². The fraction of sp³-hybridized carbons (Fsp3) is 0.167. The molecule has 3 rings (SSSR count). The molecule has 0 saturated carbocycles. The van der Waals surface area contributed by atoms with Crippen molar-refractivity contribution in [3.05, 3.63) is 68.7 Å². The van der Waals surface area contributed by atoms with Gasteiger partial charge in [0.25, 0.3) is 5.56 Å². The molecule has 0 saturated heterocycles. The molecule has 0 unspecified atom stereocenters. The van der Waals surface area contributed by atoms with E-state index in [0.29, 0.717) is 23.1 Å². The van der Waals surface area contributed by atoms with Crippen LogP contribution >= 0.6 is 15.9 Å². The van der Waals surface area contributed by atoms with Crippen LogP contribution in [0.2, 0.25) is 0 Å². The molecule has 6 heteroatoms. The van der Waals surface area contributed by atoms with Crippen molar-refractivity contribution in [3.63, 3.8) is 0 Å². The first-order valence-corrected chi connectivity index (χ1v) is 8.36. The topological polar surface area (TPSA) is 74.8 Å². The lowest BCUT2D eigenvalue weighted by Crippen LogP contribution is -2.16. The number of fused-ring (bicyclic) bond motifs is 1. The van der Waals surface area contributed by atoms with Crippen LogP contribution in [-0.2, 0) is 11.2 Å². The van der Waals surface area contributed by atoms with Crippen LogP contribution in [0, 0.1) is 6.92 Å². The number of anilines is 1. The third-order valence-electron chi connectivity index (χ3n) is 3.71. The predicted octanol–water partition coefficient (Wildman–Crippen LogP) is 3.57. The second-order valence-corrected chi connectivity index (χ2v) is 6.45. The van der Waals surface area contributed by atoms with E-state index in [1.54, 1.807) is 18.2 Å². The van der Waals surface area contributed by atoms with Gasteiger partial charge >= 0.3 is 0 Å². The largest absolute Gasteiger partial charge is 0.326 e. The van der Waals surface area contributed by atoms with Gasteiger partial charge in [0.1, 0.15) is 5.82 Å². The zero-order valence-corrected chi connectivity index (χ0v) is 14.7. The number of amides is 1. The van der Waals surface area contributed by atoms with Crippen molar-refractivity contribution in [2.24, 2.45) is 0 Å². The standard InChI is InChI=1S/C18H16BrN3O2/c1-11-10-12(19)6-7-14(11)21-17(23)9-8-16-20-15-5-3-2-4-13(15)18(24)22-16/h2-7,10H,8-9H2,1H3,(H,21,23)(H,20,22,24). The van der Waals surface area contributed by atoms with Gasteiger partial charge in [0.2, 0.25) is 5.91 Å². The van der Waals surface area contributed by atoms with Crippen LogP contribution in [0.15, 0.2) is 51.7 Å². The summed E-state index contributed by atoms with van der Waals surface area (Å²) in [5.41, 5.74) is 2.22. The lowest BCUT2D eigenvalue weighted by atomic mass is 10.2. The summed E-state index contributed by atoms with van der Waals surface area (Å²) >= 11 is 3.40. The minimum absolute atomic E-state index is 0.115. The maximum Gasteiger partial charge on any atom is 0.258 e. The highest BCUT2D eigenvalue weighted by Gasteiger charge is 2.08. The third kappa shape index (κ3) is 3.71. The Kier molecular flexibility index (Phi) is 4.76.